The minimum absolute atomic E-state index is 0.0779. The fourth-order valence-corrected chi connectivity index (χ4v) is 10.7. The lowest BCUT2D eigenvalue weighted by Gasteiger charge is -2.59. The van der Waals surface area contributed by atoms with Gasteiger partial charge in [0.1, 0.15) is 17.8 Å². The van der Waals surface area contributed by atoms with E-state index in [0.29, 0.717) is 41.4 Å². The average Bonchev–Trinajstić information content (AvgIpc) is 3.33. The maximum Gasteiger partial charge on any atom is 0.303 e. The number of esters is 2. The molecule has 1 aliphatic heterocycles. The van der Waals surface area contributed by atoms with Gasteiger partial charge in [0.15, 0.2) is 12.4 Å². The number of carbonyl (C=O) groups is 2. The van der Waals surface area contributed by atoms with E-state index in [4.69, 9.17) is 18.9 Å². The van der Waals surface area contributed by atoms with E-state index < -0.39 is 36.2 Å². The minimum Gasteiger partial charge on any atom is -0.460 e. The zero-order chi connectivity index (χ0) is 32.7. The van der Waals surface area contributed by atoms with Gasteiger partial charge in [0.25, 0.3) is 0 Å². The molecule has 1 heterocycles. The summed E-state index contributed by atoms with van der Waals surface area (Å²) in [6.07, 6.45) is 9.02. The van der Waals surface area contributed by atoms with Crippen molar-refractivity contribution < 1.29 is 43.9 Å². The summed E-state index contributed by atoms with van der Waals surface area (Å²) in [5.74, 6) is 2.22. The first-order valence-electron chi connectivity index (χ1n) is 17.5. The van der Waals surface area contributed by atoms with E-state index in [2.05, 4.69) is 19.9 Å². The molecule has 0 unspecified atom stereocenters. The second-order valence-corrected chi connectivity index (χ2v) is 15.9. The standard InChI is InChI=1S/C36H58O9/c1-21(8-7-15-34(4,5)45-23(3)39)27-11-12-28-26-10-9-24-18-25(13-17-36(24,20-37)29(26)14-16-35(27,28)6)44-33-31(41)32(43-22(2)38)30(40)19-42-33/h9,21,25-33,37,40-41H,7-8,10-20H2,1-6H3/t21-,25+,26+,27-,28+,29+,30-,31+,32-,33+,35-,36-/m1/s1. The van der Waals surface area contributed by atoms with Crippen molar-refractivity contribution in [2.24, 2.45) is 40.4 Å². The van der Waals surface area contributed by atoms with E-state index in [-0.39, 0.29) is 30.7 Å². The summed E-state index contributed by atoms with van der Waals surface area (Å²) in [4.78, 5) is 23.0. The van der Waals surface area contributed by atoms with Crippen molar-refractivity contribution in [1.29, 1.82) is 0 Å². The normalized spacial score (nSPS) is 42.1. The van der Waals surface area contributed by atoms with Gasteiger partial charge >= 0.3 is 11.9 Å². The fraction of sp³-hybridized carbons (Fsp3) is 0.889. The van der Waals surface area contributed by atoms with Crippen LogP contribution in [0.3, 0.4) is 0 Å². The van der Waals surface area contributed by atoms with Gasteiger partial charge in [-0.3, -0.25) is 9.59 Å². The number of rotatable bonds is 10. The first-order chi connectivity index (χ1) is 21.2. The van der Waals surface area contributed by atoms with Crippen molar-refractivity contribution in [3.8, 4) is 0 Å². The third kappa shape index (κ3) is 6.89. The molecule has 9 heteroatoms. The van der Waals surface area contributed by atoms with Crippen molar-refractivity contribution in [3.05, 3.63) is 11.6 Å². The summed E-state index contributed by atoms with van der Waals surface area (Å²) in [6.45, 7) is 11.8. The topological polar surface area (TPSA) is 132 Å². The summed E-state index contributed by atoms with van der Waals surface area (Å²) in [6, 6.07) is 0. The Balaban J connectivity index is 1.22. The number of aliphatic hydroxyl groups excluding tert-OH is 3. The van der Waals surface area contributed by atoms with Crippen molar-refractivity contribution >= 4 is 11.9 Å². The molecule has 12 atom stereocenters. The van der Waals surface area contributed by atoms with Crippen molar-refractivity contribution in [2.45, 2.75) is 148 Å². The third-order valence-corrected chi connectivity index (χ3v) is 12.7. The highest BCUT2D eigenvalue weighted by atomic mass is 16.7. The largest absolute Gasteiger partial charge is 0.460 e. The van der Waals surface area contributed by atoms with Crippen LogP contribution in [0.4, 0.5) is 0 Å². The lowest BCUT2D eigenvalue weighted by atomic mass is 9.46. The first kappa shape index (κ1) is 34.8. The summed E-state index contributed by atoms with van der Waals surface area (Å²) < 4.78 is 22.6. The molecule has 5 rings (SSSR count). The maximum atomic E-state index is 11.5. The second kappa shape index (κ2) is 13.5. The van der Waals surface area contributed by atoms with Gasteiger partial charge in [-0.2, -0.15) is 0 Å². The molecule has 256 valence electrons. The Kier molecular flexibility index (Phi) is 10.5. The number of hydrogen-bond acceptors (Lipinski definition) is 9. The molecular weight excluding hydrogens is 576 g/mol. The van der Waals surface area contributed by atoms with Gasteiger partial charge in [-0.1, -0.05) is 31.9 Å². The molecule has 0 aromatic rings. The average molecular weight is 635 g/mol. The number of carbonyl (C=O) groups excluding carboxylic acids is 2. The third-order valence-electron chi connectivity index (χ3n) is 12.7. The monoisotopic (exact) mass is 634 g/mol. The van der Waals surface area contributed by atoms with E-state index in [0.717, 1.165) is 44.9 Å². The zero-order valence-electron chi connectivity index (χ0n) is 28.3. The number of allylic oxidation sites excluding steroid dienone is 1. The Bertz CT molecular complexity index is 1100. The van der Waals surface area contributed by atoms with E-state index in [1.807, 2.05) is 13.8 Å². The summed E-state index contributed by atoms with van der Waals surface area (Å²) >= 11 is 0. The van der Waals surface area contributed by atoms with Crippen molar-refractivity contribution in [2.75, 3.05) is 13.2 Å². The van der Waals surface area contributed by atoms with E-state index in [1.54, 1.807) is 0 Å². The highest BCUT2D eigenvalue weighted by Gasteiger charge is 2.60. The van der Waals surface area contributed by atoms with Crippen LogP contribution >= 0.6 is 0 Å². The molecule has 0 spiro atoms. The quantitative estimate of drug-likeness (QED) is 0.222. The van der Waals surface area contributed by atoms with Gasteiger partial charge in [-0.05, 0) is 113 Å². The number of aliphatic hydroxyl groups is 3. The van der Waals surface area contributed by atoms with E-state index in [1.165, 1.54) is 38.7 Å². The van der Waals surface area contributed by atoms with Crippen molar-refractivity contribution in [1.82, 2.24) is 0 Å². The van der Waals surface area contributed by atoms with Gasteiger partial charge < -0.3 is 34.3 Å². The highest BCUT2D eigenvalue weighted by Crippen LogP contribution is 2.67. The lowest BCUT2D eigenvalue weighted by molar-refractivity contribution is -0.287. The second-order valence-electron chi connectivity index (χ2n) is 15.9. The van der Waals surface area contributed by atoms with Crippen molar-refractivity contribution in [3.63, 3.8) is 0 Å². The summed E-state index contributed by atoms with van der Waals surface area (Å²) in [7, 11) is 0. The van der Waals surface area contributed by atoms with Crippen LogP contribution in [0.1, 0.15) is 112 Å². The Morgan fingerprint density at radius 3 is 2.53 bits per heavy atom. The van der Waals surface area contributed by atoms with Crippen LogP contribution in [0.2, 0.25) is 0 Å². The molecule has 0 bridgehead atoms. The summed E-state index contributed by atoms with van der Waals surface area (Å²) in [5.41, 5.74) is 0.953. The minimum atomic E-state index is -1.28. The van der Waals surface area contributed by atoms with Crippen LogP contribution in [0.25, 0.3) is 0 Å². The van der Waals surface area contributed by atoms with Gasteiger partial charge in [0.05, 0.1) is 19.3 Å². The van der Waals surface area contributed by atoms with Crippen LogP contribution in [-0.2, 0) is 28.5 Å². The molecule has 0 amide bonds. The predicted molar refractivity (Wildman–Crippen MR) is 168 cm³/mol. The van der Waals surface area contributed by atoms with Crippen LogP contribution in [0, 0.1) is 40.4 Å². The molecule has 0 aromatic heterocycles. The number of ether oxygens (including phenoxy) is 4. The Labute approximate surface area is 269 Å². The molecule has 4 fully saturated rings. The molecule has 45 heavy (non-hydrogen) atoms. The number of hydrogen-bond donors (Lipinski definition) is 3. The number of fused-ring (bicyclic) bond motifs is 5. The SMILES string of the molecule is CC(=O)O[C@H]1[C@H](O)[C@H](O[C@H]2CC[C@@]3(CO)C(=CC[C@@H]4[C@@H]3CC[C@]3(C)[C@@H]([C@H](C)CCCC(C)(C)OC(C)=O)CC[C@@H]43)C2)OC[C@H]1O. The Morgan fingerprint density at radius 1 is 1.09 bits per heavy atom. The molecule has 9 nitrogen and oxygen atoms in total. The molecule has 3 N–H and O–H groups in total. The lowest BCUT2D eigenvalue weighted by Crippen LogP contribution is -2.57. The van der Waals surface area contributed by atoms with Crippen LogP contribution in [0.5, 0.6) is 0 Å². The smallest absolute Gasteiger partial charge is 0.303 e. The Hall–Kier alpha value is -1.52. The van der Waals surface area contributed by atoms with E-state index in [9.17, 15) is 24.9 Å². The van der Waals surface area contributed by atoms with Crippen LogP contribution in [-0.4, -0.2) is 76.8 Å². The molecule has 5 aliphatic rings. The highest BCUT2D eigenvalue weighted by molar-refractivity contribution is 5.66. The Morgan fingerprint density at radius 2 is 1.84 bits per heavy atom. The molecular formula is C36H58O9. The van der Waals surface area contributed by atoms with Gasteiger partial charge in [-0.25, -0.2) is 0 Å². The van der Waals surface area contributed by atoms with Crippen LogP contribution in [0.15, 0.2) is 11.6 Å². The zero-order valence-corrected chi connectivity index (χ0v) is 28.3. The van der Waals surface area contributed by atoms with Gasteiger partial charge in [0, 0.05) is 19.3 Å². The molecule has 3 saturated carbocycles. The van der Waals surface area contributed by atoms with E-state index >= 15 is 0 Å². The molecule has 4 aliphatic carbocycles. The fourth-order valence-electron chi connectivity index (χ4n) is 10.7. The molecule has 0 radical (unpaired) electrons. The van der Waals surface area contributed by atoms with Gasteiger partial charge in [-0.15, -0.1) is 0 Å². The van der Waals surface area contributed by atoms with Crippen LogP contribution < -0.4 is 0 Å². The molecule has 1 saturated heterocycles. The summed E-state index contributed by atoms with van der Waals surface area (Å²) in [5, 5.41) is 32.0. The molecule has 0 aromatic carbocycles. The predicted octanol–water partition coefficient (Wildman–Crippen LogP) is 5.08. The van der Waals surface area contributed by atoms with Gasteiger partial charge in [0.2, 0.25) is 0 Å². The maximum absolute atomic E-state index is 11.5. The first-order valence-corrected chi connectivity index (χ1v) is 17.5.